The Morgan fingerprint density at radius 1 is 1.28 bits per heavy atom. The number of benzene rings is 1. The zero-order valence-corrected chi connectivity index (χ0v) is 11.9. The Balaban J connectivity index is 2.15. The van der Waals surface area contributed by atoms with Crippen LogP contribution in [0.5, 0.6) is 0 Å². The van der Waals surface area contributed by atoms with Crippen molar-refractivity contribution < 1.29 is 0 Å². The van der Waals surface area contributed by atoms with Crippen LogP contribution in [0, 0.1) is 0 Å². The molecule has 0 radical (unpaired) electrons. The maximum Gasteiger partial charge on any atom is 0.0453 e. The van der Waals surface area contributed by atoms with Crippen LogP contribution in [0.15, 0.2) is 24.3 Å². The Morgan fingerprint density at radius 2 is 2.00 bits per heavy atom. The summed E-state index contributed by atoms with van der Waals surface area (Å²) in [5.41, 5.74) is 1.30. The van der Waals surface area contributed by atoms with E-state index in [2.05, 4.69) is 29.3 Å². The molecule has 0 aliphatic carbocycles. The average Bonchev–Trinajstić information content (AvgIpc) is 2.42. The van der Waals surface area contributed by atoms with Crippen LogP contribution in [0.2, 0.25) is 5.02 Å². The van der Waals surface area contributed by atoms with Crippen molar-refractivity contribution >= 4 is 11.6 Å². The summed E-state index contributed by atoms with van der Waals surface area (Å²) in [6.07, 6.45) is 3.72. The molecule has 1 atom stereocenters. The second kappa shape index (κ2) is 7.13. The van der Waals surface area contributed by atoms with Gasteiger partial charge in [-0.05, 0) is 18.1 Å². The molecule has 1 N–H and O–H groups in total. The lowest BCUT2D eigenvalue weighted by Gasteiger charge is -2.35. The topological polar surface area (TPSA) is 15.3 Å². The van der Waals surface area contributed by atoms with E-state index in [1.807, 2.05) is 12.1 Å². The van der Waals surface area contributed by atoms with Gasteiger partial charge in [0.05, 0.1) is 0 Å². The van der Waals surface area contributed by atoms with Crippen molar-refractivity contribution in [2.45, 2.75) is 32.2 Å². The average molecular weight is 267 g/mol. The second-order valence-electron chi connectivity index (χ2n) is 4.97. The van der Waals surface area contributed by atoms with E-state index < -0.39 is 0 Å². The zero-order chi connectivity index (χ0) is 12.8. The maximum absolute atomic E-state index is 6.37. The molecule has 0 saturated carbocycles. The van der Waals surface area contributed by atoms with Crippen LogP contribution in [-0.2, 0) is 0 Å². The van der Waals surface area contributed by atoms with Gasteiger partial charge in [-0.25, -0.2) is 0 Å². The second-order valence-corrected chi connectivity index (χ2v) is 5.37. The van der Waals surface area contributed by atoms with E-state index in [1.165, 1.54) is 24.8 Å². The Labute approximate surface area is 115 Å². The highest BCUT2D eigenvalue weighted by Crippen LogP contribution is 2.31. The molecule has 1 aliphatic rings. The van der Waals surface area contributed by atoms with E-state index in [9.17, 15) is 0 Å². The van der Waals surface area contributed by atoms with Crippen molar-refractivity contribution in [2.24, 2.45) is 0 Å². The molecule has 0 spiro atoms. The summed E-state index contributed by atoms with van der Waals surface area (Å²) in [5, 5.41) is 4.33. The fraction of sp³-hybridized carbons (Fsp3) is 0.600. The molecule has 2 rings (SSSR count). The number of halogens is 1. The fourth-order valence-corrected chi connectivity index (χ4v) is 2.93. The van der Waals surface area contributed by atoms with Gasteiger partial charge in [0.1, 0.15) is 0 Å². The van der Waals surface area contributed by atoms with Crippen molar-refractivity contribution in [3.05, 3.63) is 34.9 Å². The number of nitrogens with one attached hydrogen (secondary N) is 1. The molecular weight excluding hydrogens is 244 g/mol. The molecule has 1 fully saturated rings. The van der Waals surface area contributed by atoms with Crippen LogP contribution >= 0.6 is 11.6 Å². The standard InChI is InChI=1S/C15H23ClN2/c1-2-3-8-15(18-11-9-17-10-12-18)13-6-4-5-7-14(13)16/h4-7,15,17H,2-3,8-12H2,1H3/t15-/m1/s1. The predicted octanol–water partition coefficient (Wildman–Crippen LogP) is 3.48. The van der Waals surface area contributed by atoms with Gasteiger partial charge in [-0.1, -0.05) is 49.6 Å². The molecule has 0 amide bonds. The largest absolute Gasteiger partial charge is 0.314 e. The smallest absolute Gasteiger partial charge is 0.0453 e. The Bertz CT molecular complexity index is 361. The van der Waals surface area contributed by atoms with Crippen molar-refractivity contribution in [2.75, 3.05) is 26.2 Å². The van der Waals surface area contributed by atoms with Gasteiger partial charge in [-0.3, -0.25) is 4.90 Å². The van der Waals surface area contributed by atoms with E-state index in [1.54, 1.807) is 0 Å². The number of rotatable bonds is 5. The molecule has 1 aromatic rings. The van der Waals surface area contributed by atoms with Crippen LogP contribution in [0.3, 0.4) is 0 Å². The summed E-state index contributed by atoms with van der Waals surface area (Å²) >= 11 is 6.37. The van der Waals surface area contributed by atoms with E-state index >= 15 is 0 Å². The van der Waals surface area contributed by atoms with Gasteiger partial charge >= 0.3 is 0 Å². The summed E-state index contributed by atoms with van der Waals surface area (Å²) in [4.78, 5) is 2.58. The summed E-state index contributed by atoms with van der Waals surface area (Å²) < 4.78 is 0. The Hall–Kier alpha value is -0.570. The first-order valence-corrected chi connectivity index (χ1v) is 7.40. The summed E-state index contributed by atoms with van der Waals surface area (Å²) in [6.45, 7) is 6.68. The first-order chi connectivity index (χ1) is 8.83. The highest BCUT2D eigenvalue weighted by atomic mass is 35.5. The summed E-state index contributed by atoms with van der Waals surface area (Å²) in [6, 6.07) is 8.80. The lowest BCUT2D eigenvalue weighted by atomic mass is 9.98. The molecule has 0 unspecified atom stereocenters. The van der Waals surface area contributed by atoms with Crippen LogP contribution < -0.4 is 5.32 Å². The van der Waals surface area contributed by atoms with Gasteiger partial charge in [0.15, 0.2) is 0 Å². The third-order valence-electron chi connectivity index (χ3n) is 3.69. The maximum atomic E-state index is 6.37. The third kappa shape index (κ3) is 3.47. The van der Waals surface area contributed by atoms with Gasteiger partial charge in [0.2, 0.25) is 0 Å². The molecule has 1 aromatic carbocycles. The molecule has 1 saturated heterocycles. The molecule has 0 bridgehead atoms. The SMILES string of the molecule is CCCC[C@H](c1ccccc1Cl)N1CCNCC1. The summed E-state index contributed by atoms with van der Waals surface area (Å²) in [7, 11) is 0. The van der Waals surface area contributed by atoms with E-state index in [4.69, 9.17) is 11.6 Å². The van der Waals surface area contributed by atoms with Crippen molar-refractivity contribution in [3.8, 4) is 0 Å². The highest BCUT2D eigenvalue weighted by Gasteiger charge is 2.23. The van der Waals surface area contributed by atoms with Crippen molar-refractivity contribution in [1.82, 2.24) is 10.2 Å². The van der Waals surface area contributed by atoms with Gasteiger partial charge < -0.3 is 5.32 Å². The zero-order valence-electron chi connectivity index (χ0n) is 11.2. The van der Waals surface area contributed by atoms with Crippen LogP contribution in [0.25, 0.3) is 0 Å². The minimum atomic E-state index is 0.487. The van der Waals surface area contributed by atoms with Crippen molar-refractivity contribution in [3.63, 3.8) is 0 Å². The lowest BCUT2D eigenvalue weighted by molar-refractivity contribution is 0.163. The molecule has 18 heavy (non-hydrogen) atoms. The van der Waals surface area contributed by atoms with E-state index in [0.717, 1.165) is 31.2 Å². The Morgan fingerprint density at radius 3 is 2.67 bits per heavy atom. The van der Waals surface area contributed by atoms with E-state index in [0.29, 0.717) is 6.04 Å². The molecule has 2 nitrogen and oxygen atoms in total. The monoisotopic (exact) mass is 266 g/mol. The molecule has 0 aromatic heterocycles. The summed E-state index contributed by atoms with van der Waals surface area (Å²) in [5.74, 6) is 0. The molecule has 1 aliphatic heterocycles. The van der Waals surface area contributed by atoms with Crippen LogP contribution in [-0.4, -0.2) is 31.1 Å². The van der Waals surface area contributed by atoms with Crippen LogP contribution in [0.4, 0.5) is 0 Å². The van der Waals surface area contributed by atoms with Gasteiger partial charge in [0.25, 0.3) is 0 Å². The Kier molecular flexibility index (Phi) is 5.48. The van der Waals surface area contributed by atoms with Crippen molar-refractivity contribution in [1.29, 1.82) is 0 Å². The number of piperazine rings is 1. The molecule has 100 valence electrons. The lowest BCUT2D eigenvalue weighted by Crippen LogP contribution is -2.45. The number of unbranched alkanes of at least 4 members (excludes halogenated alkanes) is 1. The third-order valence-corrected chi connectivity index (χ3v) is 4.03. The first kappa shape index (κ1) is 13.9. The number of hydrogen-bond donors (Lipinski definition) is 1. The van der Waals surface area contributed by atoms with Crippen LogP contribution in [0.1, 0.15) is 37.8 Å². The fourth-order valence-electron chi connectivity index (χ4n) is 2.67. The molecule has 3 heteroatoms. The minimum absolute atomic E-state index is 0.487. The molecular formula is C15H23ClN2. The number of hydrogen-bond acceptors (Lipinski definition) is 2. The quantitative estimate of drug-likeness (QED) is 0.878. The van der Waals surface area contributed by atoms with Gasteiger partial charge in [-0.15, -0.1) is 0 Å². The van der Waals surface area contributed by atoms with Gasteiger partial charge in [-0.2, -0.15) is 0 Å². The number of nitrogens with zero attached hydrogens (tertiary/aromatic N) is 1. The first-order valence-electron chi connectivity index (χ1n) is 7.02. The predicted molar refractivity (Wildman–Crippen MR) is 78.2 cm³/mol. The minimum Gasteiger partial charge on any atom is -0.314 e. The van der Waals surface area contributed by atoms with E-state index in [-0.39, 0.29) is 0 Å². The van der Waals surface area contributed by atoms with Gasteiger partial charge in [0, 0.05) is 37.2 Å². The highest BCUT2D eigenvalue weighted by molar-refractivity contribution is 6.31. The normalized spacial score (nSPS) is 18.8. The molecule has 1 heterocycles.